The minimum absolute atomic E-state index is 0.0276. The molecule has 1 fully saturated rings. The first-order valence-electron chi connectivity index (χ1n) is 22.4. The lowest BCUT2D eigenvalue weighted by Gasteiger charge is -2.36. The second-order valence-corrected chi connectivity index (χ2v) is 21.8. The van der Waals surface area contributed by atoms with Crippen molar-refractivity contribution < 1.29 is 85.3 Å². The molecule has 7 atom stereocenters. The van der Waals surface area contributed by atoms with Gasteiger partial charge in [-0.2, -0.15) is 0 Å². The number of allylic oxidation sites excluding steroid dienone is 6. The Morgan fingerprint density at radius 2 is 1.57 bits per heavy atom. The number of hydrogen-bond acceptors (Lipinski definition) is 23. The first-order chi connectivity index (χ1) is 32.9. The molecule has 1 saturated heterocycles. The number of ketones is 1. The highest BCUT2D eigenvalue weighted by molar-refractivity contribution is 8.13. The van der Waals surface area contributed by atoms with Crippen LogP contribution in [0, 0.1) is 5.41 Å². The van der Waals surface area contributed by atoms with Crippen LogP contribution in [0.2, 0.25) is 0 Å². The maximum Gasteiger partial charge on any atom is 0.274 e. The Morgan fingerprint density at radius 1 is 0.914 bits per heavy atom. The van der Waals surface area contributed by atoms with Gasteiger partial charge in [0.25, 0.3) is 15.6 Å². The number of nitrogens with one attached hydrogen (secondary N) is 2. The molecule has 1 aliphatic rings. The SMILES string of the molecule is CCCC/C=C\C/C=C\C/C=C\CCCCCC(=O)CC(=O)SCCNC(=O)CCNC(=O)[C@H](O)C(C)(C)COP(=O)([O-])OP(=O)([O-])OC[C@H]1O[C@@H](n2cnc3c(N)ncnc32)[C@H](O)[C@@H]1OP(=O)([O-])[O-]. The number of imidazole rings is 1. The molecule has 0 spiro atoms. The number of nitrogens with two attached hydrogens (primary N) is 1. The van der Waals surface area contributed by atoms with Crippen molar-refractivity contribution in [1.29, 1.82) is 0 Å². The fourth-order valence-corrected chi connectivity index (χ4v) is 9.86. The number of fused-ring (bicyclic) bond motifs is 1. The summed E-state index contributed by atoms with van der Waals surface area (Å²) in [6, 6.07) is 0. The summed E-state index contributed by atoms with van der Waals surface area (Å²) in [6.45, 7) is 2.09. The number of nitrogen functional groups attached to an aromatic ring is 1. The maximum absolute atomic E-state index is 12.6. The summed E-state index contributed by atoms with van der Waals surface area (Å²) < 4.78 is 60.8. The van der Waals surface area contributed by atoms with E-state index in [4.69, 9.17) is 10.5 Å². The van der Waals surface area contributed by atoms with Gasteiger partial charge >= 0.3 is 0 Å². The van der Waals surface area contributed by atoms with Gasteiger partial charge in [-0.25, -0.2) is 19.3 Å². The standard InChI is InChI=1S/C41H66N7O18P3S/c1-4-5-6-7-8-9-10-11-12-13-14-15-16-17-18-19-29(49)24-32(51)70-23-22-43-31(50)20-21-44-39(54)36(53)41(2,3)26-63-69(60,61)66-68(58,59)62-25-30-35(65-67(55,56)57)34(52)40(64-30)48-28-47-33-37(42)45-27-46-38(33)48/h7-8,10-11,13-14,27-28,30,34-36,40,52-53H,4-6,9,12,15-26H2,1-3H3,(H,43,50)(H,44,54)(H,58,59)(H,60,61)(H2,42,45,46)(H2,55,56,57)/p-4/b8-7-,11-10-,14-13-/t30-,34-,35-,36+,40-/m1/s1. The molecule has 2 unspecified atom stereocenters. The molecule has 6 N–H and O–H groups in total. The normalized spacial score (nSPS) is 20.0. The number of aliphatic hydroxyl groups excluding tert-OH is 2. The molecule has 394 valence electrons. The molecular formula is C41H62N7O18P3S-4. The molecule has 0 aliphatic carbocycles. The van der Waals surface area contributed by atoms with Crippen LogP contribution in [0.3, 0.4) is 0 Å². The second kappa shape index (κ2) is 29.8. The predicted molar refractivity (Wildman–Crippen MR) is 247 cm³/mol. The number of ether oxygens (including phenoxy) is 1. The summed E-state index contributed by atoms with van der Waals surface area (Å²) in [5, 5.41) is 26.0. The average Bonchev–Trinajstić information content (AvgIpc) is 3.84. The van der Waals surface area contributed by atoms with E-state index in [2.05, 4.69) is 86.8 Å². The molecule has 29 heteroatoms. The zero-order chi connectivity index (χ0) is 52.0. The number of unbranched alkanes of at least 4 members (excludes halogenated alkanes) is 5. The van der Waals surface area contributed by atoms with Crippen LogP contribution in [0.25, 0.3) is 11.2 Å². The molecule has 0 bridgehead atoms. The number of amides is 2. The first-order valence-corrected chi connectivity index (χ1v) is 27.8. The van der Waals surface area contributed by atoms with Crippen molar-refractivity contribution in [2.24, 2.45) is 5.41 Å². The van der Waals surface area contributed by atoms with Crippen molar-refractivity contribution in [3.63, 3.8) is 0 Å². The summed E-state index contributed by atoms with van der Waals surface area (Å²) in [4.78, 5) is 109. The number of aliphatic hydroxyl groups is 2. The third kappa shape index (κ3) is 22.5. The summed E-state index contributed by atoms with van der Waals surface area (Å²) in [7, 11) is -17.7. The van der Waals surface area contributed by atoms with E-state index in [1.54, 1.807) is 0 Å². The number of thioether (sulfide) groups is 1. The third-order valence-electron chi connectivity index (χ3n) is 10.2. The number of carbonyl (C=O) groups is 4. The van der Waals surface area contributed by atoms with Crippen molar-refractivity contribution in [3.05, 3.63) is 49.1 Å². The van der Waals surface area contributed by atoms with Crippen molar-refractivity contribution in [2.75, 3.05) is 37.8 Å². The van der Waals surface area contributed by atoms with E-state index in [1.807, 2.05) is 0 Å². The van der Waals surface area contributed by atoms with E-state index in [0.717, 1.165) is 67.5 Å². The largest absolute Gasteiger partial charge is 0.790 e. The van der Waals surface area contributed by atoms with Crippen LogP contribution in [0.1, 0.15) is 104 Å². The van der Waals surface area contributed by atoms with E-state index >= 15 is 0 Å². The van der Waals surface area contributed by atoms with Crippen molar-refractivity contribution in [3.8, 4) is 0 Å². The van der Waals surface area contributed by atoms with Crippen LogP contribution < -0.4 is 35.9 Å². The molecular weight excluding hydrogens is 1000 g/mol. The molecule has 2 aromatic rings. The Morgan fingerprint density at radius 3 is 2.24 bits per heavy atom. The Labute approximate surface area is 409 Å². The summed E-state index contributed by atoms with van der Waals surface area (Å²) in [5.41, 5.74) is 4.04. The Balaban J connectivity index is 1.30. The number of Topliss-reactive ketones (excluding diaryl/α,β-unsaturated/α-hetero) is 1. The van der Waals surface area contributed by atoms with Crippen LogP contribution in [-0.2, 0) is 55.5 Å². The lowest BCUT2D eigenvalue weighted by atomic mass is 9.87. The number of phosphoric ester groups is 3. The number of anilines is 1. The molecule has 3 heterocycles. The molecule has 1 aliphatic heterocycles. The van der Waals surface area contributed by atoms with Gasteiger partial charge in [0, 0.05) is 37.1 Å². The minimum Gasteiger partial charge on any atom is -0.790 e. The highest BCUT2D eigenvalue weighted by Crippen LogP contribution is 2.56. The number of rotatable bonds is 34. The molecule has 2 aromatic heterocycles. The van der Waals surface area contributed by atoms with Crippen LogP contribution in [-0.4, -0.2) is 109 Å². The van der Waals surface area contributed by atoms with E-state index in [1.165, 1.54) is 26.7 Å². The summed E-state index contributed by atoms with van der Waals surface area (Å²) >= 11 is 0.912. The predicted octanol–water partition coefficient (Wildman–Crippen LogP) is 1.69. The molecule has 0 aromatic carbocycles. The van der Waals surface area contributed by atoms with Crippen LogP contribution in [0.15, 0.2) is 49.1 Å². The highest BCUT2D eigenvalue weighted by atomic mass is 32.2. The molecule has 0 radical (unpaired) electrons. The highest BCUT2D eigenvalue weighted by Gasteiger charge is 2.47. The minimum atomic E-state index is -5.94. The zero-order valence-corrected chi connectivity index (χ0v) is 42.6. The van der Waals surface area contributed by atoms with Crippen LogP contribution in [0.4, 0.5) is 5.82 Å². The van der Waals surface area contributed by atoms with Gasteiger partial charge in [-0.1, -0.05) is 88.3 Å². The van der Waals surface area contributed by atoms with E-state index < -0.39 is 84.6 Å². The molecule has 70 heavy (non-hydrogen) atoms. The number of nitrogens with zero attached hydrogens (tertiary/aromatic N) is 4. The van der Waals surface area contributed by atoms with Crippen LogP contribution in [0.5, 0.6) is 0 Å². The van der Waals surface area contributed by atoms with E-state index in [-0.39, 0.29) is 59.6 Å². The maximum atomic E-state index is 12.6. The molecule has 0 saturated carbocycles. The van der Waals surface area contributed by atoms with E-state index in [0.29, 0.717) is 12.8 Å². The third-order valence-corrected chi connectivity index (χ3v) is 14.1. The van der Waals surface area contributed by atoms with Crippen LogP contribution >= 0.6 is 35.2 Å². The van der Waals surface area contributed by atoms with Gasteiger partial charge in [-0.15, -0.1) is 0 Å². The zero-order valence-electron chi connectivity index (χ0n) is 39.1. The topological polar surface area (TPSA) is 392 Å². The fraction of sp³-hybridized carbons (Fsp3) is 0.634. The number of carbonyl (C=O) groups excluding carboxylic acids is 4. The number of aromatic nitrogens is 4. The second-order valence-electron chi connectivity index (χ2n) is 16.5. The van der Waals surface area contributed by atoms with Crippen molar-refractivity contribution >= 4 is 74.9 Å². The number of hydrogen-bond donors (Lipinski definition) is 5. The van der Waals surface area contributed by atoms with Gasteiger partial charge in [-0.05, 0) is 38.5 Å². The Bertz CT molecular complexity index is 2260. The smallest absolute Gasteiger partial charge is 0.274 e. The Kier molecular flexibility index (Phi) is 25.9. The quantitative estimate of drug-likeness (QED) is 0.0288. The van der Waals surface area contributed by atoms with Gasteiger partial charge in [-0.3, -0.25) is 32.9 Å². The average molecular weight is 1070 g/mol. The van der Waals surface area contributed by atoms with Crippen molar-refractivity contribution in [2.45, 2.75) is 128 Å². The number of phosphoric acid groups is 3. The first kappa shape index (κ1) is 60.8. The molecule has 2 amide bonds. The van der Waals surface area contributed by atoms with Gasteiger partial charge in [0.05, 0.1) is 33.8 Å². The lowest BCUT2D eigenvalue weighted by molar-refractivity contribution is -0.347. The molecule has 3 rings (SSSR count). The summed E-state index contributed by atoms with van der Waals surface area (Å²) in [5.74, 6) is -1.57. The van der Waals surface area contributed by atoms with Gasteiger partial charge in [0.15, 0.2) is 22.8 Å². The fourth-order valence-electron chi connectivity index (χ4n) is 6.43. The van der Waals surface area contributed by atoms with Gasteiger partial charge < -0.3 is 69.0 Å². The Hall–Kier alpha value is -3.55. The van der Waals surface area contributed by atoms with Gasteiger partial charge in [0.1, 0.15) is 42.0 Å². The van der Waals surface area contributed by atoms with E-state index in [9.17, 15) is 62.7 Å². The monoisotopic (exact) mass is 1070 g/mol. The van der Waals surface area contributed by atoms with Crippen molar-refractivity contribution in [1.82, 2.24) is 30.2 Å². The lowest BCUT2D eigenvalue weighted by Crippen LogP contribution is -2.46. The molecule has 25 nitrogen and oxygen atoms in total. The summed E-state index contributed by atoms with van der Waals surface area (Å²) in [6.07, 6.45) is 14.2. The van der Waals surface area contributed by atoms with Gasteiger partial charge in [0.2, 0.25) is 11.8 Å².